The SMILES string of the molecule is COC(=O)c1ccc(Cl)c(NC(=O)[C@@H](N)Cc2ccccc2)c1. The molecule has 0 fully saturated rings. The van der Waals surface area contributed by atoms with Crippen LogP contribution in [0.2, 0.25) is 5.02 Å². The number of hydrogen-bond donors (Lipinski definition) is 2. The lowest BCUT2D eigenvalue weighted by molar-refractivity contribution is -0.117. The molecule has 2 aromatic carbocycles. The minimum Gasteiger partial charge on any atom is -0.465 e. The standard InChI is InChI=1S/C17H17ClN2O3/c1-23-17(22)12-7-8-13(18)15(10-12)20-16(21)14(19)9-11-5-3-2-4-6-11/h2-8,10,14H,9,19H2,1H3,(H,20,21)/t14-/m0/s1. The highest BCUT2D eigenvalue weighted by atomic mass is 35.5. The van der Waals surface area contributed by atoms with Crippen LogP contribution in [0.15, 0.2) is 48.5 Å². The fourth-order valence-corrected chi connectivity index (χ4v) is 2.22. The van der Waals surface area contributed by atoms with E-state index in [-0.39, 0.29) is 5.91 Å². The molecule has 0 unspecified atom stereocenters. The summed E-state index contributed by atoms with van der Waals surface area (Å²) >= 11 is 6.05. The normalized spacial score (nSPS) is 11.6. The third-order valence-corrected chi connectivity index (χ3v) is 3.61. The Balaban J connectivity index is 2.08. The summed E-state index contributed by atoms with van der Waals surface area (Å²) in [6.45, 7) is 0. The van der Waals surface area contributed by atoms with E-state index in [4.69, 9.17) is 17.3 Å². The quantitative estimate of drug-likeness (QED) is 0.825. The molecule has 0 aromatic heterocycles. The summed E-state index contributed by atoms with van der Waals surface area (Å²) in [7, 11) is 1.28. The van der Waals surface area contributed by atoms with Gasteiger partial charge in [0, 0.05) is 0 Å². The van der Waals surface area contributed by atoms with Crippen LogP contribution in [0, 0.1) is 0 Å². The number of rotatable bonds is 5. The minimum absolute atomic E-state index is 0.295. The number of nitrogens with two attached hydrogens (primary N) is 1. The Morgan fingerprint density at radius 2 is 1.91 bits per heavy atom. The average Bonchev–Trinajstić information content (AvgIpc) is 2.56. The maximum Gasteiger partial charge on any atom is 0.337 e. The number of benzene rings is 2. The fourth-order valence-electron chi connectivity index (χ4n) is 2.05. The van der Waals surface area contributed by atoms with Gasteiger partial charge in [0.1, 0.15) is 0 Å². The third-order valence-electron chi connectivity index (χ3n) is 3.28. The summed E-state index contributed by atoms with van der Waals surface area (Å²) in [5.41, 5.74) is 7.50. The number of anilines is 1. The Labute approximate surface area is 139 Å². The maximum absolute atomic E-state index is 12.2. The molecule has 23 heavy (non-hydrogen) atoms. The highest BCUT2D eigenvalue weighted by Gasteiger charge is 2.17. The number of hydrogen-bond acceptors (Lipinski definition) is 4. The minimum atomic E-state index is -0.727. The fraction of sp³-hybridized carbons (Fsp3) is 0.176. The summed E-state index contributed by atoms with van der Waals surface area (Å²) in [4.78, 5) is 23.7. The van der Waals surface area contributed by atoms with Crippen LogP contribution < -0.4 is 11.1 Å². The first-order chi connectivity index (χ1) is 11.0. The van der Waals surface area contributed by atoms with E-state index in [1.54, 1.807) is 0 Å². The van der Waals surface area contributed by atoms with Crippen LogP contribution in [0.5, 0.6) is 0 Å². The van der Waals surface area contributed by atoms with E-state index in [0.29, 0.717) is 22.7 Å². The van der Waals surface area contributed by atoms with Crippen molar-refractivity contribution in [1.29, 1.82) is 0 Å². The van der Waals surface area contributed by atoms with Crippen LogP contribution in [0.4, 0.5) is 5.69 Å². The van der Waals surface area contributed by atoms with Gasteiger partial charge in [0.05, 0.1) is 29.4 Å². The van der Waals surface area contributed by atoms with Crippen molar-refractivity contribution >= 4 is 29.2 Å². The maximum atomic E-state index is 12.2. The van der Waals surface area contributed by atoms with Gasteiger partial charge in [-0.3, -0.25) is 4.79 Å². The molecule has 0 spiro atoms. The van der Waals surface area contributed by atoms with E-state index in [1.807, 2.05) is 30.3 Å². The van der Waals surface area contributed by atoms with E-state index in [2.05, 4.69) is 10.1 Å². The van der Waals surface area contributed by atoms with Crippen LogP contribution in [-0.2, 0) is 16.0 Å². The number of ether oxygens (including phenoxy) is 1. The topological polar surface area (TPSA) is 81.4 Å². The highest BCUT2D eigenvalue weighted by Crippen LogP contribution is 2.23. The van der Waals surface area contributed by atoms with Crippen molar-refractivity contribution in [3.8, 4) is 0 Å². The van der Waals surface area contributed by atoms with Crippen molar-refractivity contribution in [1.82, 2.24) is 0 Å². The first-order valence-corrected chi connectivity index (χ1v) is 7.37. The molecule has 2 aromatic rings. The molecule has 2 rings (SSSR count). The van der Waals surface area contributed by atoms with Crippen molar-refractivity contribution in [2.24, 2.45) is 5.73 Å². The Morgan fingerprint density at radius 3 is 2.57 bits per heavy atom. The van der Waals surface area contributed by atoms with Gasteiger partial charge in [-0.15, -0.1) is 0 Å². The molecule has 0 saturated carbocycles. The van der Waals surface area contributed by atoms with Gasteiger partial charge in [-0.2, -0.15) is 0 Å². The smallest absolute Gasteiger partial charge is 0.337 e. The van der Waals surface area contributed by atoms with Crippen molar-refractivity contribution in [2.75, 3.05) is 12.4 Å². The second-order valence-corrected chi connectivity index (χ2v) is 5.38. The monoisotopic (exact) mass is 332 g/mol. The van der Waals surface area contributed by atoms with Crippen molar-refractivity contribution in [3.63, 3.8) is 0 Å². The number of amides is 1. The van der Waals surface area contributed by atoms with Crippen LogP contribution in [0.3, 0.4) is 0 Å². The zero-order chi connectivity index (χ0) is 16.8. The van der Waals surface area contributed by atoms with Gasteiger partial charge in [-0.05, 0) is 30.2 Å². The number of nitrogens with one attached hydrogen (secondary N) is 1. The molecular weight excluding hydrogens is 316 g/mol. The number of halogens is 1. The van der Waals surface area contributed by atoms with Gasteiger partial charge in [-0.25, -0.2) is 4.79 Å². The molecule has 0 radical (unpaired) electrons. The summed E-state index contributed by atoms with van der Waals surface area (Å²) in [5, 5.41) is 2.96. The molecular formula is C17H17ClN2O3. The Hall–Kier alpha value is -2.37. The van der Waals surface area contributed by atoms with Crippen LogP contribution >= 0.6 is 11.6 Å². The lowest BCUT2D eigenvalue weighted by Crippen LogP contribution is -2.37. The molecule has 0 aliphatic heterocycles. The van der Waals surface area contributed by atoms with Gasteiger partial charge in [0.25, 0.3) is 0 Å². The van der Waals surface area contributed by atoms with E-state index < -0.39 is 12.0 Å². The largest absolute Gasteiger partial charge is 0.465 e. The predicted molar refractivity (Wildman–Crippen MR) is 89.5 cm³/mol. The van der Waals surface area contributed by atoms with E-state index >= 15 is 0 Å². The Morgan fingerprint density at radius 1 is 1.22 bits per heavy atom. The molecule has 0 heterocycles. The van der Waals surface area contributed by atoms with Gasteiger partial charge in [-0.1, -0.05) is 41.9 Å². The van der Waals surface area contributed by atoms with Crippen LogP contribution in [0.1, 0.15) is 15.9 Å². The van der Waals surface area contributed by atoms with Gasteiger partial charge in [0.2, 0.25) is 5.91 Å². The molecule has 5 nitrogen and oxygen atoms in total. The molecule has 120 valence electrons. The number of methoxy groups -OCH3 is 1. The molecule has 0 bridgehead atoms. The molecule has 0 aliphatic rings. The summed E-state index contributed by atoms with van der Waals surface area (Å²) in [5.74, 6) is -0.886. The third kappa shape index (κ3) is 4.55. The van der Waals surface area contributed by atoms with Gasteiger partial charge >= 0.3 is 5.97 Å². The average molecular weight is 333 g/mol. The first kappa shape index (κ1) is 17.0. The molecule has 1 atom stereocenters. The lowest BCUT2D eigenvalue weighted by atomic mass is 10.1. The Kier molecular flexibility index (Phi) is 5.73. The van der Waals surface area contributed by atoms with Crippen molar-refractivity contribution in [3.05, 3.63) is 64.7 Å². The van der Waals surface area contributed by atoms with E-state index in [1.165, 1.54) is 25.3 Å². The Bertz CT molecular complexity index is 704. The van der Waals surface area contributed by atoms with Crippen molar-refractivity contribution < 1.29 is 14.3 Å². The summed E-state index contributed by atoms with van der Waals surface area (Å²) < 4.78 is 4.64. The van der Waals surface area contributed by atoms with Gasteiger partial charge in [0.15, 0.2) is 0 Å². The highest BCUT2D eigenvalue weighted by molar-refractivity contribution is 6.34. The van der Waals surface area contributed by atoms with Crippen LogP contribution in [0.25, 0.3) is 0 Å². The first-order valence-electron chi connectivity index (χ1n) is 6.99. The second-order valence-electron chi connectivity index (χ2n) is 4.97. The number of carbonyl (C=O) groups excluding carboxylic acids is 2. The van der Waals surface area contributed by atoms with E-state index in [9.17, 15) is 9.59 Å². The zero-order valence-corrected chi connectivity index (χ0v) is 13.3. The van der Waals surface area contributed by atoms with E-state index in [0.717, 1.165) is 5.56 Å². The molecule has 6 heteroatoms. The second kappa shape index (κ2) is 7.76. The molecule has 1 amide bonds. The summed E-state index contributed by atoms with van der Waals surface area (Å²) in [6, 6.07) is 13.2. The zero-order valence-electron chi connectivity index (χ0n) is 12.6. The summed E-state index contributed by atoms with van der Waals surface area (Å²) in [6.07, 6.45) is 0.404. The molecule has 0 aliphatic carbocycles. The van der Waals surface area contributed by atoms with Crippen molar-refractivity contribution in [2.45, 2.75) is 12.5 Å². The van der Waals surface area contributed by atoms with Gasteiger partial charge < -0.3 is 15.8 Å². The molecule has 0 saturated heterocycles. The number of carbonyl (C=O) groups is 2. The van der Waals surface area contributed by atoms with Crippen LogP contribution in [-0.4, -0.2) is 25.0 Å². The number of esters is 1. The predicted octanol–water partition coefficient (Wildman–Crippen LogP) is 2.64. The molecule has 3 N–H and O–H groups in total. The lowest BCUT2D eigenvalue weighted by Gasteiger charge is -2.14.